The van der Waals surface area contributed by atoms with E-state index in [4.69, 9.17) is 9.84 Å². The largest absolute Gasteiger partial charge is 0.481 e. The van der Waals surface area contributed by atoms with Gasteiger partial charge < -0.3 is 15.2 Å². The summed E-state index contributed by atoms with van der Waals surface area (Å²) in [6.45, 7) is 5.86. The van der Waals surface area contributed by atoms with E-state index in [1.165, 1.54) is 5.56 Å². The molecule has 0 bridgehead atoms. The third-order valence-corrected chi connectivity index (χ3v) is 3.82. The average Bonchev–Trinajstić information content (AvgIpc) is 2.80. The number of ether oxygens (including phenoxy) is 1. The Hall–Kier alpha value is -2.04. The van der Waals surface area contributed by atoms with Crippen molar-refractivity contribution in [2.45, 2.75) is 52.2 Å². The van der Waals surface area contributed by atoms with Crippen molar-refractivity contribution in [2.75, 3.05) is 0 Å². The number of carbonyl (C=O) groups is 2. The van der Waals surface area contributed by atoms with Crippen molar-refractivity contribution < 1.29 is 19.4 Å². The summed E-state index contributed by atoms with van der Waals surface area (Å²) in [5.41, 5.74) is 3.38. The molecule has 0 radical (unpaired) electrons. The fraction of sp³-hybridized carbons (Fsp3) is 0.500. The number of carboxylic acid groups (broad SMARTS) is 1. The number of carboxylic acids is 1. The summed E-state index contributed by atoms with van der Waals surface area (Å²) in [6, 6.07) is 3.85. The van der Waals surface area contributed by atoms with Crippen LogP contribution in [-0.2, 0) is 16.0 Å². The highest BCUT2D eigenvalue weighted by Gasteiger charge is 2.30. The molecule has 5 nitrogen and oxygen atoms in total. The monoisotopic (exact) mass is 291 g/mol. The van der Waals surface area contributed by atoms with Crippen LogP contribution in [0.4, 0.5) is 0 Å². The second kappa shape index (κ2) is 6.16. The lowest BCUT2D eigenvalue weighted by molar-refractivity contribution is -0.137. The average molecular weight is 291 g/mol. The summed E-state index contributed by atoms with van der Waals surface area (Å²) in [5.74, 6) is -0.262. The van der Waals surface area contributed by atoms with Crippen LogP contribution < -0.4 is 10.1 Å². The summed E-state index contributed by atoms with van der Waals surface area (Å²) in [7, 11) is 0. The van der Waals surface area contributed by atoms with Crippen molar-refractivity contribution in [3.63, 3.8) is 0 Å². The zero-order valence-corrected chi connectivity index (χ0v) is 12.6. The Labute approximate surface area is 124 Å². The maximum atomic E-state index is 12.2. The van der Waals surface area contributed by atoms with Crippen molar-refractivity contribution in [3.05, 3.63) is 28.8 Å². The number of hydrogen-bond acceptors (Lipinski definition) is 3. The molecular weight excluding hydrogens is 270 g/mol. The highest BCUT2D eigenvalue weighted by Crippen LogP contribution is 2.31. The SMILES string of the molecule is Cc1cc2c(cc1C)OC(C(=O)NC(C)CCC(=O)O)C2. The molecular formula is C16H21NO4. The molecule has 0 saturated heterocycles. The molecule has 2 atom stereocenters. The lowest BCUT2D eigenvalue weighted by atomic mass is 10.0. The predicted molar refractivity (Wildman–Crippen MR) is 78.5 cm³/mol. The topological polar surface area (TPSA) is 75.6 Å². The van der Waals surface area contributed by atoms with Gasteiger partial charge in [-0.1, -0.05) is 6.07 Å². The van der Waals surface area contributed by atoms with E-state index >= 15 is 0 Å². The van der Waals surface area contributed by atoms with Crippen molar-refractivity contribution in [1.29, 1.82) is 0 Å². The number of benzene rings is 1. The van der Waals surface area contributed by atoms with Crippen molar-refractivity contribution >= 4 is 11.9 Å². The molecule has 1 heterocycles. The first-order chi connectivity index (χ1) is 9.86. The van der Waals surface area contributed by atoms with Crippen molar-refractivity contribution in [1.82, 2.24) is 5.32 Å². The Kier molecular flexibility index (Phi) is 4.50. The van der Waals surface area contributed by atoms with Gasteiger partial charge in [0.25, 0.3) is 5.91 Å². The molecule has 0 saturated carbocycles. The number of fused-ring (bicyclic) bond motifs is 1. The number of hydrogen-bond donors (Lipinski definition) is 2. The van der Waals surface area contributed by atoms with Gasteiger partial charge in [0, 0.05) is 18.9 Å². The van der Waals surface area contributed by atoms with E-state index in [-0.39, 0.29) is 18.4 Å². The molecule has 21 heavy (non-hydrogen) atoms. The normalized spacial score (nSPS) is 17.8. The van der Waals surface area contributed by atoms with Gasteiger partial charge in [0.15, 0.2) is 6.10 Å². The smallest absolute Gasteiger partial charge is 0.303 e. The Morgan fingerprint density at radius 2 is 2.05 bits per heavy atom. The van der Waals surface area contributed by atoms with Crippen LogP contribution in [0.25, 0.3) is 0 Å². The van der Waals surface area contributed by atoms with Crippen LogP contribution in [0.3, 0.4) is 0 Å². The fourth-order valence-electron chi connectivity index (χ4n) is 2.41. The summed E-state index contributed by atoms with van der Waals surface area (Å²) in [4.78, 5) is 22.7. The number of carbonyl (C=O) groups excluding carboxylic acids is 1. The Morgan fingerprint density at radius 3 is 2.71 bits per heavy atom. The molecule has 1 amide bonds. The number of amides is 1. The molecule has 0 spiro atoms. The number of rotatable bonds is 5. The van der Waals surface area contributed by atoms with E-state index < -0.39 is 12.1 Å². The van der Waals surface area contributed by atoms with Crippen molar-refractivity contribution in [3.8, 4) is 5.75 Å². The van der Waals surface area contributed by atoms with E-state index in [1.54, 1.807) is 6.92 Å². The van der Waals surface area contributed by atoms with Crippen LogP contribution in [0.2, 0.25) is 0 Å². The minimum Gasteiger partial charge on any atom is -0.481 e. The summed E-state index contributed by atoms with van der Waals surface area (Å²) in [5, 5.41) is 11.5. The van der Waals surface area contributed by atoms with Gasteiger partial charge in [0.05, 0.1) is 0 Å². The van der Waals surface area contributed by atoms with E-state index in [0.717, 1.165) is 16.9 Å². The van der Waals surface area contributed by atoms with Gasteiger partial charge in [-0.15, -0.1) is 0 Å². The first-order valence-corrected chi connectivity index (χ1v) is 7.15. The third kappa shape index (κ3) is 3.74. The minimum atomic E-state index is -0.855. The molecule has 1 aromatic carbocycles. The Morgan fingerprint density at radius 1 is 1.38 bits per heavy atom. The molecule has 2 N–H and O–H groups in total. The highest BCUT2D eigenvalue weighted by molar-refractivity contribution is 5.82. The molecule has 2 unspecified atom stereocenters. The van der Waals surface area contributed by atoms with Crippen LogP contribution in [0.1, 0.15) is 36.5 Å². The number of aliphatic carboxylic acids is 1. The lowest BCUT2D eigenvalue weighted by Gasteiger charge is -2.16. The third-order valence-electron chi connectivity index (χ3n) is 3.82. The second-order valence-electron chi connectivity index (χ2n) is 5.70. The molecule has 2 rings (SSSR count). The molecule has 1 aliphatic heterocycles. The molecule has 0 aromatic heterocycles. The molecule has 114 valence electrons. The highest BCUT2D eigenvalue weighted by atomic mass is 16.5. The standard InChI is InChI=1S/C16H21NO4/c1-9-6-12-8-14(21-13(12)7-10(9)2)16(20)17-11(3)4-5-15(18)19/h6-7,11,14H,4-5,8H2,1-3H3,(H,17,20)(H,18,19). The van der Waals surface area contributed by atoms with Gasteiger partial charge in [-0.05, 0) is 49.9 Å². The first kappa shape index (κ1) is 15.4. The zero-order valence-electron chi connectivity index (χ0n) is 12.6. The van der Waals surface area contributed by atoms with E-state index in [0.29, 0.717) is 12.8 Å². The van der Waals surface area contributed by atoms with Gasteiger partial charge in [-0.25, -0.2) is 0 Å². The molecule has 1 aromatic rings. The maximum Gasteiger partial charge on any atom is 0.303 e. The van der Waals surface area contributed by atoms with Gasteiger partial charge in [0.1, 0.15) is 5.75 Å². The minimum absolute atomic E-state index is 0.0472. The van der Waals surface area contributed by atoms with Crippen molar-refractivity contribution in [2.24, 2.45) is 0 Å². The molecule has 0 fully saturated rings. The van der Waals surface area contributed by atoms with Gasteiger partial charge in [-0.2, -0.15) is 0 Å². The predicted octanol–water partition coefficient (Wildman–Crippen LogP) is 1.98. The van der Waals surface area contributed by atoms with E-state index in [9.17, 15) is 9.59 Å². The fourth-order valence-corrected chi connectivity index (χ4v) is 2.41. The van der Waals surface area contributed by atoms with Crippen LogP contribution >= 0.6 is 0 Å². The second-order valence-corrected chi connectivity index (χ2v) is 5.70. The lowest BCUT2D eigenvalue weighted by Crippen LogP contribution is -2.42. The first-order valence-electron chi connectivity index (χ1n) is 7.15. The van der Waals surface area contributed by atoms with Crippen LogP contribution in [0.5, 0.6) is 5.75 Å². The van der Waals surface area contributed by atoms with Crippen LogP contribution in [0, 0.1) is 13.8 Å². The molecule has 0 aliphatic carbocycles. The maximum absolute atomic E-state index is 12.2. The molecule has 1 aliphatic rings. The van der Waals surface area contributed by atoms with Crippen LogP contribution in [0.15, 0.2) is 12.1 Å². The van der Waals surface area contributed by atoms with Gasteiger partial charge >= 0.3 is 5.97 Å². The molecule has 5 heteroatoms. The van der Waals surface area contributed by atoms with Crippen LogP contribution in [-0.4, -0.2) is 29.1 Å². The number of nitrogens with one attached hydrogen (secondary N) is 1. The Balaban J connectivity index is 1.93. The summed E-state index contributed by atoms with van der Waals surface area (Å²) >= 11 is 0. The summed E-state index contributed by atoms with van der Waals surface area (Å²) < 4.78 is 5.70. The van der Waals surface area contributed by atoms with Gasteiger partial charge in [-0.3, -0.25) is 9.59 Å². The quantitative estimate of drug-likeness (QED) is 0.869. The van der Waals surface area contributed by atoms with E-state index in [1.807, 2.05) is 19.9 Å². The summed E-state index contributed by atoms with van der Waals surface area (Å²) in [6.07, 6.45) is 0.506. The number of aryl methyl sites for hydroxylation is 2. The van der Waals surface area contributed by atoms with E-state index in [2.05, 4.69) is 11.4 Å². The Bertz CT molecular complexity index is 537. The van der Waals surface area contributed by atoms with Gasteiger partial charge in [0.2, 0.25) is 0 Å². The zero-order chi connectivity index (χ0) is 15.6.